The van der Waals surface area contributed by atoms with Crippen LogP contribution in [0.3, 0.4) is 0 Å². The molecule has 2 heterocycles. The quantitative estimate of drug-likeness (QED) is 0.908. The molecule has 0 saturated carbocycles. The SMILES string of the molecule is CCC1(C)CC(NCc2cc(Br)cs2)CCO1. The smallest absolute Gasteiger partial charge is 0.0666 e. The second-order valence-corrected chi connectivity index (χ2v) is 6.87. The van der Waals surface area contributed by atoms with Gasteiger partial charge in [-0.3, -0.25) is 0 Å². The summed E-state index contributed by atoms with van der Waals surface area (Å²) in [6.07, 6.45) is 3.34. The van der Waals surface area contributed by atoms with Crippen molar-refractivity contribution in [3.05, 3.63) is 20.8 Å². The lowest BCUT2D eigenvalue weighted by Crippen LogP contribution is -2.44. The van der Waals surface area contributed by atoms with E-state index in [2.05, 4.69) is 46.5 Å². The predicted octanol–water partition coefficient (Wildman–Crippen LogP) is 3.95. The Morgan fingerprint density at radius 3 is 3.12 bits per heavy atom. The minimum absolute atomic E-state index is 0.0753. The Bertz CT molecular complexity index is 368. The summed E-state index contributed by atoms with van der Waals surface area (Å²) in [4.78, 5) is 1.39. The molecule has 96 valence electrons. The molecule has 17 heavy (non-hydrogen) atoms. The van der Waals surface area contributed by atoms with E-state index in [4.69, 9.17) is 4.74 Å². The molecule has 1 aromatic rings. The molecule has 0 amide bonds. The highest BCUT2D eigenvalue weighted by Gasteiger charge is 2.31. The topological polar surface area (TPSA) is 21.3 Å². The fraction of sp³-hybridized carbons (Fsp3) is 0.692. The molecule has 1 aliphatic rings. The molecule has 1 fully saturated rings. The van der Waals surface area contributed by atoms with Crippen LogP contribution in [0.5, 0.6) is 0 Å². The summed E-state index contributed by atoms with van der Waals surface area (Å²) in [7, 11) is 0. The largest absolute Gasteiger partial charge is 0.375 e. The third-order valence-corrected chi connectivity index (χ3v) is 5.23. The summed E-state index contributed by atoms with van der Waals surface area (Å²) in [6, 6.07) is 2.78. The first-order chi connectivity index (χ1) is 8.11. The maximum atomic E-state index is 5.86. The molecule has 2 rings (SSSR count). The van der Waals surface area contributed by atoms with Crippen molar-refractivity contribution in [1.29, 1.82) is 0 Å². The van der Waals surface area contributed by atoms with Crippen molar-refractivity contribution in [1.82, 2.24) is 5.32 Å². The summed E-state index contributed by atoms with van der Waals surface area (Å²) in [6.45, 7) is 6.29. The van der Waals surface area contributed by atoms with Gasteiger partial charge >= 0.3 is 0 Å². The van der Waals surface area contributed by atoms with Crippen LogP contribution in [0.2, 0.25) is 0 Å². The Morgan fingerprint density at radius 1 is 1.65 bits per heavy atom. The van der Waals surface area contributed by atoms with Crippen LogP contribution < -0.4 is 5.32 Å². The van der Waals surface area contributed by atoms with Crippen LogP contribution >= 0.6 is 27.3 Å². The molecule has 0 bridgehead atoms. The summed E-state index contributed by atoms with van der Waals surface area (Å²) >= 11 is 5.29. The van der Waals surface area contributed by atoms with Crippen molar-refractivity contribution < 1.29 is 4.74 Å². The molecular weight excluding hydrogens is 298 g/mol. The van der Waals surface area contributed by atoms with Crippen LogP contribution in [0.15, 0.2) is 15.9 Å². The van der Waals surface area contributed by atoms with Crippen LogP contribution in [-0.4, -0.2) is 18.2 Å². The van der Waals surface area contributed by atoms with Crippen molar-refractivity contribution in [2.24, 2.45) is 0 Å². The number of hydrogen-bond donors (Lipinski definition) is 1. The first-order valence-corrected chi connectivity index (χ1v) is 7.89. The Morgan fingerprint density at radius 2 is 2.47 bits per heavy atom. The summed E-state index contributed by atoms with van der Waals surface area (Å²) in [5.41, 5.74) is 0.0753. The highest BCUT2D eigenvalue weighted by Crippen LogP contribution is 2.28. The Balaban J connectivity index is 1.83. The number of rotatable bonds is 4. The third kappa shape index (κ3) is 3.78. The molecular formula is C13H20BrNOS. The van der Waals surface area contributed by atoms with E-state index in [-0.39, 0.29) is 5.60 Å². The number of hydrogen-bond acceptors (Lipinski definition) is 3. The van der Waals surface area contributed by atoms with E-state index in [9.17, 15) is 0 Å². The first kappa shape index (κ1) is 13.5. The number of halogens is 1. The summed E-state index contributed by atoms with van der Waals surface area (Å²) < 4.78 is 7.04. The van der Waals surface area contributed by atoms with Crippen molar-refractivity contribution in [3.63, 3.8) is 0 Å². The van der Waals surface area contributed by atoms with E-state index in [0.717, 1.165) is 32.4 Å². The van der Waals surface area contributed by atoms with E-state index in [1.807, 2.05) is 0 Å². The Kier molecular flexibility index (Phi) is 4.64. The number of ether oxygens (including phenoxy) is 1. The zero-order valence-corrected chi connectivity index (χ0v) is 12.9. The zero-order chi connectivity index (χ0) is 12.3. The standard InChI is InChI=1S/C13H20BrNOS/c1-3-13(2)7-11(4-5-16-13)15-8-12-6-10(14)9-17-12/h6,9,11,15H,3-5,7-8H2,1-2H3. The Hall–Kier alpha value is 0.1000. The van der Waals surface area contributed by atoms with Gasteiger partial charge in [0, 0.05) is 33.9 Å². The lowest BCUT2D eigenvalue weighted by molar-refractivity contribution is -0.0781. The molecule has 1 saturated heterocycles. The lowest BCUT2D eigenvalue weighted by Gasteiger charge is -2.38. The van der Waals surface area contributed by atoms with Gasteiger partial charge in [0.1, 0.15) is 0 Å². The lowest BCUT2D eigenvalue weighted by atomic mass is 9.90. The Labute approximate surface area is 116 Å². The van der Waals surface area contributed by atoms with Gasteiger partial charge in [0.05, 0.1) is 5.60 Å². The molecule has 1 aliphatic heterocycles. The molecule has 2 unspecified atom stereocenters. The van der Waals surface area contributed by atoms with Crippen LogP contribution in [-0.2, 0) is 11.3 Å². The van der Waals surface area contributed by atoms with Gasteiger partial charge in [-0.05, 0) is 48.2 Å². The fourth-order valence-corrected chi connectivity index (χ4v) is 3.64. The fourth-order valence-electron chi connectivity index (χ4n) is 2.24. The van der Waals surface area contributed by atoms with E-state index < -0.39 is 0 Å². The molecule has 0 spiro atoms. The monoisotopic (exact) mass is 317 g/mol. The first-order valence-electron chi connectivity index (χ1n) is 6.21. The highest BCUT2D eigenvalue weighted by molar-refractivity contribution is 9.10. The van der Waals surface area contributed by atoms with Crippen molar-refractivity contribution in [2.75, 3.05) is 6.61 Å². The average Bonchev–Trinajstić information content (AvgIpc) is 2.73. The maximum Gasteiger partial charge on any atom is 0.0666 e. The van der Waals surface area contributed by atoms with Crippen molar-refractivity contribution in [3.8, 4) is 0 Å². The molecule has 1 N–H and O–H groups in total. The van der Waals surface area contributed by atoms with Gasteiger partial charge in [0.15, 0.2) is 0 Å². The second-order valence-electron chi connectivity index (χ2n) is 4.95. The molecule has 2 atom stereocenters. The number of nitrogens with one attached hydrogen (secondary N) is 1. The molecule has 0 aliphatic carbocycles. The summed E-state index contributed by atoms with van der Waals surface area (Å²) in [5.74, 6) is 0. The van der Waals surface area contributed by atoms with Crippen molar-refractivity contribution >= 4 is 27.3 Å². The molecule has 2 nitrogen and oxygen atoms in total. The van der Waals surface area contributed by atoms with Crippen LogP contribution in [0.25, 0.3) is 0 Å². The van der Waals surface area contributed by atoms with Crippen molar-refractivity contribution in [2.45, 2.75) is 51.3 Å². The zero-order valence-electron chi connectivity index (χ0n) is 10.5. The van der Waals surface area contributed by atoms with Gasteiger partial charge < -0.3 is 10.1 Å². The van der Waals surface area contributed by atoms with Gasteiger partial charge in [-0.2, -0.15) is 0 Å². The summed E-state index contributed by atoms with van der Waals surface area (Å²) in [5, 5.41) is 5.79. The molecule has 0 radical (unpaired) electrons. The second kappa shape index (κ2) is 5.83. The van der Waals surface area contributed by atoms with Crippen LogP contribution in [0.4, 0.5) is 0 Å². The minimum Gasteiger partial charge on any atom is -0.375 e. The number of thiophene rings is 1. The van der Waals surface area contributed by atoms with Gasteiger partial charge in [-0.15, -0.1) is 11.3 Å². The van der Waals surface area contributed by atoms with Crippen LogP contribution in [0.1, 0.15) is 38.0 Å². The van der Waals surface area contributed by atoms with E-state index in [1.54, 1.807) is 11.3 Å². The normalized spacial score (nSPS) is 29.5. The highest BCUT2D eigenvalue weighted by atomic mass is 79.9. The molecule has 0 aromatic carbocycles. The van der Waals surface area contributed by atoms with Gasteiger partial charge in [0.25, 0.3) is 0 Å². The average molecular weight is 318 g/mol. The van der Waals surface area contributed by atoms with E-state index in [1.165, 1.54) is 9.35 Å². The molecule has 4 heteroatoms. The van der Waals surface area contributed by atoms with E-state index in [0.29, 0.717) is 6.04 Å². The third-order valence-electron chi connectivity index (χ3n) is 3.53. The predicted molar refractivity (Wildman–Crippen MR) is 76.5 cm³/mol. The van der Waals surface area contributed by atoms with Gasteiger partial charge in [-0.25, -0.2) is 0 Å². The molecule has 1 aromatic heterocycles. The maximum absolute atomic E-state index is 5.86. The van der Waals surface area contributed by atoms with Gasteiger partial charge in [0.2, 0.25) is 0 Å². The van der Waals surface area contributed by atoms with E-state index >= 15 is 0 Å². The minimum atomic E-state index is 0.0753. The van der Waals surface area contributed by atoms with Gasteiger partial charge in [-0.1, -0.05) is 6.92 Å². The van der Waals surface area contributed by atoms with Crippen LogP contribution in [0, 0.1) is 0 Å².